The molecule has 2 amide bonds. The Balaban J connectivity index is 2.81. The van der Waals surface area contributed by atoms with Crippen LogP contribution in [0.1, 0.15) is 47.7 Å². The number of alkyl halides is 2. The third-order valence-electron chi connectivity index (χ3n) is 3.24. The van der Waals surface area contributed by atoms with Gasteiger partial charge in [0.2, 0.25) is 0 Å². The zero-order valence-corrected chi connectivity index (χ0v) is 14.2. The van der Waals surface area contributed by atoms with Crippen molar-refractivity contribution in [2.24, 2.45) is 0 Å². The Hall–Kier alpha value is -1.33. The maximum Gasteiger partial charge on any atom is 0.270 e. The van der Waals surface area contributed by atoms with E-state index < -0.39 is 0 Å². The number of hydrogen-bond acceptors (Lipinski definition) is 3. The molecule has 1 aromatic heterocycles. The van der Waals surface area contributed by atoms with Crippen molar-refractivity contribution in [2.45, 2.75) is 38.8 Å². The van der Waals surface area contributed by atoms with E-state index in [9.17, 15) is 9.59 Å². The highest BCUT2D eigenvalue weighted by Crippen LogP contribution is 2.04. The SMILES string of the molecule is CC[C@H](CCl)NC(=O)c1cccc(C(=O)N[C@@H](CC)CCl)n1. The lowest BCUT2D eigenvalue weighted by Crippen LogP contribution is -2.38. The lowest BCUT2D eigenvalue weighted by molar-refractivity contribution is 0.0930. The molecule has 1 aromatic rings. The smallest absolute Gasteiger partial charge is 0.270 e. The second kappa shape index (κ2) is 9.64. The standard InChI is InChI=1S/C15H21Cl2N3O2/c1-3-10(8-16)18-14(21)12-6-5-7-13(20-12)15(22)19-11(4-2)9-17/h5-7,10-11H,3-4,8-9H2,1-2H3,(H,18,21)(H,19,22)/t10-,11+. The van der Waals surface area contributed by atoms with Crippen molar-refractivity contribution in [2.75, 3.05) is 11.8 Å². The quantitative estimate of drug-likeness (QED) is 0.711. The molecule has 122 valence electrons. The third kappa shape index (κ3) is 5.46. The highest BCUT2D eigenvalue weighted by atomic mass is 35.5. The first-order valence-corrected chi connectivity index (χ1v) is 8.33. The van der Waals surface area contributed by atoms with Gasteiger partial charge in [-0.25, -0.2) is 4.98 Å². The summed E-state index contributed by atoms with van der Waals surface area (Å²) in [4.78, 5) is 28.3. The average Bonchev–Trinajstić information content (AvgIpc) is 2.57. The minimum atomic E-state index is -0.341. The molecule has 1 rings (SSSR count). The minimum absolute atomic E-state index is 0.117. The molecule has 7 heteroatoms. The predicted octanol–water partition coefficient (Wildman–Crippen LogP) is 2.58. The summed E-state index contributed by atoms with van der Waals surface area (Å²) >= 11 is 11.5. The fraction of sp³-hybridized carbons (Fsp3) is 0.533. The van der Waals surface area contributed by atoms with Crippen molar-refractivity contribution in [3.05, 3.63) is 29.6 Å². The highest BCUT2D eigenvalue weighted by Gasteiger charge is 2.16. The monoisotopic (exact) mass is 345 g/mol. The van der Waals surface area contributed by atoms with Gasteiger partial charge in [-0.3, -0.25) is 9.59 Å². The van der Waals surface area contributed by atoms with Crippen LogP contribution in [0.3, 0.4) is 0 Å². The van der Waals surface area contributed by atoms with E-state index in [2.05, 4.69) is 15.6 Å². The van der Waals surface area contributed by atoms with Gasteiger partial charge in [0.25, 0.3) is 11.8 Å². The van der Waals surface area contributed by atoms with Gasteiger partial charge in [-0.05, 0) is 25.0 Å². The van der Waals surface area contributed by atoms with Crippen LogP contribution < -0.4 is 10.6 Å². The number of amides is 2. The molecular formula is C15H21Cl2N3O2. The first-order chi connectivity index (χ1) is 10.5. The van der Waals surface area contributed by atoms with Gasteiger partial charge in [0.05, 0.1) is 0 Å². The molecule has 0 radical (unpaired) electrons. The van der Waals surface area contributed by atoms with Crippen LogP contribution in [0.2, 0.25) is 0 Å². The fourth-order valence-corrected chi connectivity index (χ4v) is 2.30. The van der Waals surface area contributed by atoms with Crippen LogP contribution in [0, 0.1) is 0 Å². The highest BCUT2D eigenvalue weighted by molar-refractivity contribution is 6.18. The maximum atomic E-state index is 12.1. The maximum absolute atomic E-state index is 12.1. The number of hydrogen-bond donors (Lipinski definition) is 2. The van der Waals surface area contributed by atoms with E-state index in [1.165, 1.54) is 0 Å². The number of rotatable bonds is 8. The molecule has 0 saturated heterocycles. The van der Waals surface area contributed by atoms with Crippen LogP contribution in [0.15, 0.2) is 18.2 Å². The Morgan fingerprint density at radius 3 is 1.73 bits per heavy atom. The third-order valence-corrected chi connectivity index (χ3v) is 3.99. The summed E-state index contributed by atoms with van der Waals surface area (Å²) in [6, 6.07) is 4.51. The van der Waals surface area contributed by atoms with E-state index in [-0.39, 0.29) is 35.3 Å². The lowest BCUT2D eigenvalue weighted by Gasteiger charge is -2.15. The predicted molar refractivity (Wildman–Crippen MR) is 88.8 cm³/mol. The molecule has 0 saturated carbocycles. The summed E-state index contributed by atoms with van der Waals surface area (Å²) in [6.07, 6.45) is 1.45. The first kappa shape index (κ1) is 18.7. The summed E-state index contributed by atoms with van der Waals surface area (Å²) in [7, 11) is 0. The number of carbonyl (C=O) groups excluding carboxylic acids is 2. The van der Waals surface area contributed by atoms with Gasteiger partial charge in [0, 0.05) is 23.8 Å². The van der Waals surface area contributed by atoms with Gasteiger partial charge in [-0.1, -0.05) is 19.9 Å². The number of pyridine rings is 1. The molecule has 5 nitrogen and oxygen atoms in total. The van der Waals surface area contributed by atoms with E-state index in [1.54, 1.807) is 18.2 Å². The van der Waals surface area contributed by atoms with Gasteiger partial charge >= 0.3 is 0 Å². The number of nitrogens with one attached hydrogen (secondary N) is 2. The number of nitrogens with zero attached hydrogens (tertiary/aromatic N) is 1. The van der Waals surface area contributed by atoms with E-state index in [0.717, 1.165) is 12.8 Å². The summed E-state index contributed by atoms with van der Waals surface area (Å²) in [5.41, 5.74) is 0.380. The van der Waals surface area contributed by atoms with Crippen LogP contribution in [-0.4, -0.2) is 40.6 Å². The van der Waals surface area contributed by atoms with Crippen LogP contribution in [0.25, 0.3) is 0 Å². The Kier molecular flexibility index (Phi) is 8.20. The normalized spacial score (nSPS) is 13.3. The van der Waals surface area contributed by atoms with E-state index in [1.807, 2.05) is 13.8 Å². The second-order valence-electron chi connectivity index (χ2n) is 4.87. The Morgan fingerprint density at radius 1 is 1.00 bits per heavy atom. The molecule has 0 aromatic carbocycles. The molecule has 0 aliphatic heterocycles. The number of aromatic nitrogens is 1. The van der Waals surface area contributed by atoms with Gasteiger partial charge < -0.3 is 10.6 Å². The summed E-state index contributed by atoms with van der Waals surface area (Å²) in [6.45, 7) is 3.86. The Bertz CT molecular complexity index is 462. The molecule has 0 aliphatic rings. The summed E-state index contributed by atoms with van der Waals surface area (Å²) < 4.78 is 0. The zero-order chi connectivity index (χ0) is 16.5. The second-order valence-corrected chi connectivity index (χ2v) is 5.49. The van der Waals surface area contributed by atoms with Gasteiger partial charge in [-0.15, -0.1) is 23.2 Å². The Labute approximate surface area is 140 Å². The molecule has 1 heterocycles. The van der Waals surface area contributed by atoms with E-state index in [4.69, 9.17) is 23.2 Å². The molecule has 22 heavy (non-hydrogen) atoms. The van der Waals surface area contributed by atoms with Crippen molar-refractivity contribution in [1.29, 1.82) is 0 Å². The van der Waals surface area contributed by atoms with E-state index >= 15 is 0 Å². The van der Waals surface area contributed by atoms with Crippen molar-refractivity contribution in [3.8, 4) is 0 Å². The Morgan fingerprint density at radius 2 is 1.41 bits per heavy atom. The van der Waals surface area contributed by atoms with Gasteiger partial charge in [-0.2, -0.15) is 0 Å². The molecule has 0 aliphatic carbocycles. The first-order valence-electron chi connectivity index (χ1n) is 7.26. The van der Waals surface area contributed by atoms with Crippen LogP contribution >= 0.6 is 23.2 Å². The van der Waals surface area contributed by atoms with Crippen molar-refractivity contribution < 1.29 is 9.59 Å². The van der Waals surface area contributed by atoms with Crippen molar-refractivity contribution in [1.82, 2.24) is 15.6 Å². The zero-order valence-electron chi connectivity index (χ0n) is 12.7. The molecular weight excluding hydrogens is 325 g/mol. The molecule has 0 fully saturated rings. The summed E-state index contributed by atoms with van der Waals surface area (Å²) in [5.74, 6) is -0.0230. The minimum Gasteiger partial charge on any atom is -0.347 e. The summed E-state index contributed by atoms with van der Waals surface area (Å²) in [5, 5.41) is 5.55. The molecule has 2 atom stereocenters. The number of halogens is 2. The molecule has 0 bridgehead atoms. The van der Waals surface area contributed by atoms with Crippen LogP contribution in [0.5, 0.6) is 0 Å². The van der Waals surface area contributed by atoms with E-state index in [0.29, 0.717) is 11.8 Å². The van der Waals surface area contributed by atoms with Crippen LogP contribution in [-0.2, 0) is 0 Å². The molecule has 2 N–H and O–H groups in total. The lowest BCUT2D eigenvalue weighted by atomic mass is 10.2. The van der Waals surface area contributed by atoms with Gasteiger partial charge in [0.15, 0.2) is 0 Å². The topological polar surface area (TPSA) is 71.1 Å². The molecule has 0 spiro atoms. The van der Waals surface area contributed by atoms with Crippen LogP contribution in [0.4, 0.5) is 0 Å². The average molecular weight is 346 g/mol. The van der Waals surface area contributed by atoms with Gasteiger partial charge in [0.1, 0.15) is 11.4 Å². The van der Waals surface area contributed by atoms with Crippen molar-refractivity contribution in [3.63, 3.8) is 0 Å². The fourth-order valence-electron chi connectivity index (χ4n) is 1.71. The molecule has 0 unspecified atom stereocenters. The number of carbonyl (C=O) groups is 2. The largest absolute Gasteiger partial charge is 0.347 e. The van der Waals surface area contributed by atoms with Crippen molar-refractivity contribution >= 4 is 35.0 Å².